The van der Waals surface area contributed by atoms with Crippen molar-refractivity contribution in [1.82, 2.24) is 9.78 Å². The van der Waals surface area contributed by atoms with E-state index in [2.05, 4.69) is 5.10 Å². The number of ether oxygens (including phenoxy) is 1. The maximum atomic E-state index is 12.0. The van der Waals surface area contributed by atoms with Crippen LogP contribution in [-0.2, 0) is 6.54 Å². The van der Waals surface area contributed by atoms with Crippen molar-refractivity contribution in [2.24, 2.45) is 0 Å². The van der Waals surface area contributed by atoms with Gasteiger partial charge in [-0.05, 0) is 25.1 Å². The molecule has 0 aliphatic carbocycles. The van der Waals surface area contributed by atoms with Crippen LogP contribution in [0.4, 0.5) is 5.69 Å². The van der Waals surface area contributed by atoms with E-state index in [0.29, 0.717) is 11.3 Å². The zero-order valence-corrected chi connectivity index (χ0v) is 11.3. The van der Waals surface area contributed by atoms with Crippen LogP contribution in [-0.4, -0.2) is 29.8 Å². The quantitative estimate of drug-likeness (QED) is 0.790. The molecule has 2 aromatic rings. The number of carbonyl (C=O) groups excluding carboxylic acids is 1. The van der Waals surface area contributed by atoms with Gasteiger partial charge in [0.05, 0.1) is 18.0 Å². The Morgan fingerprint density at radius 1 is 1.42 bits per heavy atom. The minimum Gasteiger partial charge on any atom is -0.420 e. The fourth-order valence-corrected chi connectivity index (χ4v) is 1.65. The highest BCUT2D eigenvalue weighted by atomic mass is 16.5. The summed E-state index contributed by atoms with van der Waals surface area (Å²) in [6, 6.07) is 7.30. The highest BCUT2D eigenvalue weighted by Gasteiger charge is 2.11. The number of hydrogen-bond donors (Lipinski definition) is 0. The van der Waals surface area contributed by atoms with Crippen molar-refractivity contribution in [1.29, 1.82) is 0 Å². The van der Waals surface area contributed by atoms with Crippen LogP contribution in [0.3, 0.4) is 0 Å². The predicted molar refractivity (Wildman–Crippen MR) is 73.6 cm³/mol. The molecule has 0 aliphatic heterocycles. The van der Waals surface area contributed by atoms with E-state index in [9.17, 15) is 4.79 Å². The Bertz CT molecular complexity index is 576. The number of benzene rings is 1. The standard InChI is InChI=1S/C14H17N3O2/c1-4-17-10-13(9-15-17)19-14(18)11-6-5-7-12(8-11)16(2)3/h5-10H,4H2,1-3H3. The van der Waals surface area contributed by atoms with Crippen molar-refractivity contribution in [3.8, 4) is 5.75 Å². The third kappa shape index (κ3) is 3.13. The first-order valence-electron chi connectivity index (χ1n) is 6.12. The summed E-state index contributed by atoms with van der Waals surface area (Å²) in [5.41, 5.74) is 1.48. The van der Waals surface area contributed by atoms with Gasteiger partial charge in [-0.1, -0.05) is 6.07 Å². The van der Waals surface area contributed by atoms with Crippen LogP contribution in [0, 0.1) is 0 Å². The number of anilines is 1. The zero-order chi connectivity index (χ0) is 13.8. The number of aromatic nitrogens is 2. The first kappa shape index (κ1) is 13.1. The lowest BCUT2D eigenvalue weighted by atomic mass is 10.2. The summed E-state index contributed by atoms with van der Waals surface area (Å²) in [7, 11) is 3.85. The normalized spacial score (nSPS) is 10.3. The summed E-state index contributed by atoms with van der Waals surface area (Å²) in [6.07, 6.45) is 3.24. The maximum absolute atomic E-state index is 12.0. The van der Waals surface area contributed by atoms with Gasteiger partial charge in [0.2, 0.25) is 0 Å². The Kier molecular flexibility index (Phi) is 3.85. The number of rotatable bonds is 4. The van der Waals surface area contributed by atoms with E-state index in [4.69, 9.17) is 4.74 Å². The van der Waals surface area contributed by atoms with Crippen molar-refractivity contribution in [3.05, 3.63) is 42.2 Å². The molecule has 1 heterocycles. The molecule has 0 radical (unpaired) electrons. The van der Waals surface area contributed by atoms with E-state index in [0.717, 1.165) is 12.2 Å². The van der Waals surface area contributed by atoms with Crippen molar-refractivity contribution >= 4 is 11.7 Å². The van der Waals surface area contributed by atoms with Crippen LogP contribution >= 0.6 is 0 Å². The molecule has 0 saturated carbocycles. The lowest BCUT2D eigenvalue weighted by molar-refractivity contribution is 0.0734. The second-order valence-corrected chi connectivity index (χ2v) is 4.37. The van der Waals surface area contributed by atoms with Gasteiger partial charge in [0.1, 0.15) is 0 Å². The number of carbonyl (C=O) groups is 1. The van der Waals surface area contributed by atoms with Crippen LogP contribution in [0.2, 0.25) is 0 Å². The van der Waals surface area contributed by atoms with Crippen molar-refractivity contribution < 1.29 is 9.53 Å². The van der Waals surface area contributed by atoms with Crippen LogP contribution < -0.4 is 9.64 Å². The second kappa shape index (κ2) is 5.56. The molecule has 19 heavy (non-hydrogen) atoms. The molecule has 5 nitrogen and oxygen atoms in total. The topological polar surface area (TPSA) is 47.4 Å². The molecule has 0 unspecified atom stereocenters. The summed E-state index contributed by atoms with van der Waals surface area (Å²) in [5.74, 6) is 0.0847. The SMILES string of the molecule is CCn1cc(OC(=O)c2cccc(N(C)C)c2)cn1. The summed E-state index contributed by atoms with van der Waals surface area (Å²) in [5, 5.41) is 4.06. The third-order valence-electron chi connectivity index (χ3n) is 2.74. The molecule has 0 atom stereocenters. The molecule has 5 heteroatoms. The molecular formula is C14H17N3O2. The summed E-state index contributed by atoms with van der Waals surface area (Å²) in [6.45, 7) is 2.72. The van der Waals surface area contributed by atoms with E-state index in [1.807, 2.05) is 38.1 Å². The van der Waals surface area contributed by atoms with Gasteiger partial charge < -0.3 is 9.64 Å². The smallest absolute Gasteiger partial charge is 0.343 e. The van der Waals surface area contributed by atoms with Gasteiger partial charge in [-0.2, -0.15) is 5.10 Å². The van der Waals surface area contributed by atoms with Gasteiger partial charge in [-0.3, -0.25) is 4.68 Å². The number of nitrogens with zero attached hydrogens (tertiary/aromatic N) is 3. The Morgan fingerprint density at radius 3 is 2.84 bits per heavy atom. The first-order chi connectivity index (χ1) is 9.10. The second-order valence-electron chi connectivity index (χ2n) is 4.37. The maximum Gasteiger partial charge on any atom is 0.343 e. The van der Waals surface area contributed by atoms with E-state index >= 15 is 0 Å². The zero-order valence-electron chi connectivity index (χ0n) is 11.3. The Balaban J connectivity index is 2.13. The Hall–Kier alpha value is -2.30. The lowest BCUT2D eigenvalue weighted by Gasteiger charge is -2.12. The van der Waals surface area contributed by atoms with Gasteiger partial charge in [-0.25, -0.2) is 4.79 Å². The van der Waals surface area contributed by atoms with E-state index in [1.54, 1.807) is 23.0 Å². The molecule has 100 valence electrons. The van der Waals surface area contributed by atoms with Crippen molar-refractivity contribution in [2.75, 3.05) is 19.0 Å². The number of aryl methyl sites for hydroxylation is 1. The van der Waals surface area contributed by atoms with Gasteiger partial charge in [-0.15, -0.1) is 0 Å². The third-order valence-corrected chi connectivity index (χ3v) is 2.74. The molecule has 1 aromatic heterocycles. The fourth-order valence-electron chi connectivity index (χ4n) is 1.65. The summed E-state index contributed by atoms with van der Waals surface area (Å²) >= 11 is 0. The molecule has 0 amide bonds. The molecule has 2 rings (SSSR count). The summed E-state index contributed by atoms with van der Waals surface area (Å²) in [4.78, 5) is 13.9. The van der Waals surface area contributed by atoms with Gasteiger partial charge in [0.25, 0.3) is 0 Å². The van der Waals surface area contributed by atoms with Gasteiger partial charge >= 0.3 is 5.97 Å². The van der Waals surface area contributed by atoms with Crippen LogP contribution in [0.25, 0.3) is 0 Å². The highest BCUT2D eigenvalue weighted by molar-refractivity contribution is 5.92. The van der Waals surface area contributed by atoms with E-state index < -0.39 is 0 Å². The molecular weight excluding hydrogens is 242 g/mol. The van der Waals surface area contributed by atoms with Crippen LogP contribution in [0.1, 0.15) is 17.3 Å². The van der Waals surface area contributed by atoms with Crippen molar-refractivity contribution in [2.45, 2.75) is 13.5 Å². The summed E-state index contributed by atoms with van der Waals surface area (Å²) < 4.78 is 6.98. The highest BCUT2D eigenvalue weighted by Crippen LogP contribution is 2.16. The van der Waals surface area contributed by atoms with Crippen molar-refractivity contribution in [3.63, 3.8) is 0 Å². The van der Waals surface area contributed by atoms with Crippen LogP contribution in [0.5, 0.6) is 5.75 Å². The largest absolute Gasteiger partial charge is 0.420 e. The Morgan fingerprint density at radius 2 is 2.21 bits per heavy atom. The molecule has 1 aromatic carbocycles. The van der Waals surface area contributed by atoms with E-state index in [-0.39, 0.29) is 5.97 Å². The van der Waals surface area contributed by atoms with E-state index in [1.165, 1.54) is 6.20 Å². The average Bonchev–Trinajstić information content (AvgIpc) is 2.86. The molecule has 0 N–H and O–H groups in total. The predicted octanol–water partition coefficient (Wildman–Crippen LogP) is 2.19. The van der Waals surface area contributed by atoms with Crippen LogP contribution in [0.15, 0.2) is 36.7 Å². The number of hydrogen-bond acceptors (Lipinski definition) is 4. The Labute approximate surface area is 112 Å². The molecule has 0 bridgehead atoms. The molecule has 0 fully saturated rings. The monoisotopic (exact) mass is 259 g/mol. The van der Waals surface area contributed by atoms with Gasteiger partial charge in [0, 0.05) is 26.3 Å². The first-order valence-corrected chi connectivity index (χ1v) is 6.12. The average molecular weight is 259 g/mol. The minimum atomic E-state index is -0.376. The fraction of sp³-hybridized carbons (Fsp3) is 0.286. The number of esters is 1. The molecule has 0 aliphatic rings. The van der Waals surface area contributed by atoms with Gasteiger partial charge in [0.15, 0.2) is 5.75 Å². The molecule has 0 spiro atoms. The minimum absolute atomic E-state index is 0.376. The molecule has 0 saturated heterocycles. The lowest BCUT2D eigenvalue weighted by Crippen LogP contribution is -2.12.